The van der Waals surface area contributed by atoms with E-state index in [0.717, 1.165) is 6.07 Å². The smallest absolute Gasteiger partial charge is 0.129 e. The Morgan fingerprint density at radius 3 is 2.42 bits per heavy atom. The molecule has 0 heterocycles. The molecule has 1 rings (SSSR count). The Balaban J connectivity index is 3.37. The fourth-order valence-corrected chi connectivity index (χ4v) is 1.09. The van der Waals surface area contributed by atoms with Gasteiger partial charge in [-0.15, -0.1) is 0 Å². The van der Waals surface area contributed by atoms with Crippen molar-refractivity contribution in [1.82, 2.24) is 0 Å². The maximum atomic E-state index is 12.9. The van der Waals surface area contributed by atoms with E-state index < -0.39 is 11.6 Å². The molecule has 0 fully saturated rings. The van der Waals surface area contributed by atoms with E-state index in [1.807, 2.05) is 0 Å². The maximum absolute atomic E-state index is 12.9. The molecule has 12 heavy (non-hydrogen) atoms. The van der Waals surface area contributed by atoms with Gasteiger partial charge in [0.15, 0.2) is 0 Å². The summed E-state index contributed by atoms with van der Waals surface area (Å²) in [4.78, 5) is 0. The molecule has 0 saturated carbocycles. The minimum Gasteiger partial charge on any atom is -0.207 e. The molecule has 2 heteroatoms. The van der Waals surface area contributed by atoms with Gasteiger partial charge in [0.2, 0.25) is 0 Å². The zero-order valence-corrected chi connectivity index (χ0v) is 7.12. The highest BCUT2D eigenvalue weighted by Crippen LogP contribution is 2.20. The van der Waals surface area contributed by atoms with Crippen molar-refractivity contribution in [3.8, 4) is 0 Å². The Labute approximate surface area is 70.5 Å². The van der Waals surface area contributed by atoms with Gasteiger partial charge in [-0.05, 0) is 31.0 Å². The maximum Gasteiger partial charge on any atom is 0.129 e. The van der Waals surface area contributed by atoms with Crippen LogP contribution >= 0.6 is 0 Å². The molecule has 0 saturated heterocycles. The summed E-state index contributed by atoms with van der Waals surface area (Å²) in [5, 5.41) is 0. The summed E-state index contributed by atoms with van der Waals surface area (Å²) in [5.41, 5.74) is 1.67. The minimum atomic E-state index is -0.559. The molecule has 0 amide bonds. The van der Waals surface area contributed by atoms with Crippen LogP contribution in [0.5, 0.6) is 0 Å². The van der Waals surface area contributed by atoms with E-state index in [-0.39, 0.29) is 0 Å². The normalized spacial score (nSPS) is 10.0. The van der Waals surface area contributed by atoms with E-state index in [4.69, 9.17) is 0 Å². The van der Waals surface area contributed by atoms with Crippen LogP contribution in [0.4, 0.5) is 8.78 Å². The molecule has 0 unspecified atom stereocenters. The third-order valence-electron chi connectivity index (χ3n) is 1.77. The SMILES string of the molecule is C=C(C)c1cc(F)cc(F)c1C. The average Bonchev–Trinajstić information content (AvgIpc) is 1.96. The Morgan fingerprint density at radius 1 is 1.33 bits per heavy atom. The van der Waals surface area contributed by atoms with Crippen molar-refractivity contribution in [1.29, 1.82) is 0 Å². The summed E-state index contributed by atoms with van der Waals surface area (Å²) in [6.45, 7) is 6.97. The van der Waals surface area contributed by atoms with Crippen LogP contribution in [0.3, 0.4) is 0 Å². The first-order valence-corrected chi connectivity index (χ1v) is 3.64. The highest BCUT2D eigenvalue weighted by Gasteiger charge is 2.06. The number of hydrogen-bond acceptors (Lipinski definition) is 0. The number of allylic oxidation sites excluding steroid dienone is 1. The summed E-state index contributed by atoms with van der Waals surface area (Å²) in [6, 6.07) is 2.17. The van der Waals surface area contributed by atoms with Crippen LogP contribution < -0.4 is 0 Å². The zero-order valence-electron chi connectivity index (χ0n) is 7.12. The number of rotatable bonds is 1. The molecule has 64 valence electrons. The molecule has 0 aliphatic rings. The van der Waals surface area contributed by atoms with E-state index in [9.17, 15) is 8.78 Å². The van der Waals surface area contributed by atoms with Gasteiger partial charge in [-0.1, -0.05) is 12.2 Å². The van der Waals surface area contributed by atoms with Crippen LogP contribution in [0.1, 0.15) is 18.1 Å². The molecule has 1 aromatic carbocycles. The van der Waals surface area contributed by atoms with Crippen molar-refractivity contribution in [3.05, 3.63) is 41.5 Å². The van der Waals surface area contributed by atoms with Crippen LogP contribution in [0.2, 0.25) is 0 Å². The van der Waals surface area contributed by atoms with Gasteiger partial charge in [-0.2, -0.15) is 0 Å². The van der Waals surface area contributed by atoms with Crippen molar-refractivity contribution in [3.63, 3.8) is 0 Å². The molecule has 0 aliphatic heterocycles. The van der Waals surface area contributed by atoms with Gasteiger partial charge in [0.05, 0.1) is 0 Å². The molecular weight excluding hydrogens is 158 g/mol. The van der Waals surface area contributed by atoms with Crippen molar-refractivity contribution >= 4 is 5.57 Å². The van der Waals surface area contributed by atoms with Crippen LogP contribution in [0, 0.1) is 18.6 Å². The molecule has 0 atom stereocenters. The lowest BCUT2D eigenvalue weighted by molar-refractivity contribution is 0.576. The second-order valence-electron chi connectivity index (χ2n) is 2.84. The highest BCUT2D eigenvalue weighted by molar-refractivity contribution is 5.64. The quantitative estimate of drug-likeness (QED) is 0.603. The van der Waals surface area contributed by atoms with Crippen LogP contribution in [0.25, 0.3) is 5.57 Å². The fraction of sp³-hybridized carbons (Fsp3) is 0.200. The average molecular weight is 168 g/mol. The van der Waals surface area contributed by atoms with Crippen LogP contribution in [-0.2, 0) is 0 Å². The summed E-state index contributed by atoms with van der Waals surface area (Å²) in [6.07, 6.45) is 0. The molecule has 0 aromatic heterocycles. The Morgan fingerprint density at radius 2 is 1.92 bits per heavy atom. The Bertz CT molecular complexity index is 327. The highest BCUT2D eigenvalue weighted by atomic mass is 19.1. The second-order valence-corrected chi connectivity index (χ2v) is 2.84. The summed E-state index contributed by atoms with van der Waals surface area (Å²) >= 11 is 0. The van der Waals surface area contributed by atoms with E-state index in [2.05, 4.69) is 6.58 Å². The monoisotopic (exact) mass is 168 g/mol. The van der Waals surface area contributed by atoms with Crippen molar-refractivity contribution < 1.29 is 8.78 Å². The van der Waals surface area contributed by atoms with Gasteiger partial charge in [0.25, 0.3) is 0 Å². The van der Waals surface area contributed by atoms with E-state index in [1.54, 1.807) is 13.8 Å². The van der Waals surface area contributed by atoms with Gasteiger partial charge >= 0.3 is 0 Å². The van der Waals surface area contributed by atoms with Gasteiger partial charge in [0.1, 0.15) is 11.6 Å². The van der Waals surface area contributed by atoms with E-state index >= 15 is 0 Å². The molecule has 0 spiro atoms. The fourth-order valence-electron chi connectivity index (χ4n) is 1.09. The minimum absolute atomic E-state index is 0.448. The molecule has 0 radical (unpaired) electrons. The first-order chi connectivity index (χ1) is 5.52. The number of halogens is 2. The van der Waals surface area contributed by atoms with E-state index in [0.29, 0.717) is 16.7 Å². The summed E-state index contributed by atoms with van der Waals surface area (Å²) in [7, 11) is 0. The number of hydrogen-bond donors (Lipinski definition) is 0. The first-order valence-electron chi connectivity index (χ1n) is 3.64. The van der Waals surface area contributed by atoms with Crippen molar-refractivity contribution in [2.24, 2.45) is 0 Å². The predicted octanol–water partition coefficient (Wildman–Crippen LogP) is 3.31. The summed E-state index contributed by atoms with van der Waals surface area (Å²) in [5.74, 6) is -1.08. The largest absolute Gasteiger partial charge is 0.207 e. The first kappa shape index (κ1) is 8.91. The third-order valence-corrected chi connectivity index (χ3v) is 1.77. The Kier molecular flexibility index (Phi) is 2.27. The molecule has 0 aliphatic carbocycles. The molecule has 0 N–H and O–H groups in total. The van der Waals surface area contributed by atoms with Crippen molar-refractivity contribution in [2.45, 2.75) is 13.8 Å². The predicted molar refractivity (Wildman–Crippen MR) is 45.8 cm³/mol. The second kappa shape index (κ2) is 3.05. The topological polar surface area (TPSA) is 0 Å². The van der Waals surface area contributed by atoms with Crippen LogP contribution in [0.15, 0.2) is 18.7 Å². The Hall–Kier alpha value is -1.18. The molecule has 0 nitrogen and oxygen atoms in total. The van der Waals surface area contributed by atoms with Gasteiger partial charge in [-0.3, -0.25) is 0 Å². The van der Waals surface area contributed by atoms with Gasteiger partial charge in [0, 0.05) is 6.07 Å². The molecular formula is C10H10F2. The van der Waals surface area contributed by atoms with Crippen molar-refractivity contribution in [2.75, 3.05) is 0 Å². The lowest BCUT2D eigenvalue weighted by Crippen LogP contribution is -1.92. The summed E-state index contributed by atoms with van der Waals surface area (Å²) < 4.78 is 25.6. The lowest BCUT2D eigenvalue weighted by Gasteiger charge is -2.05. The van der Waals surface area contributed by atoms with Gasteiger partial charge in [-0.25, -0.2) is 8.78 Å². The van der Waals surface area contributed by atoms with Gasteiger partial charge < -0.3 is 0 Å². The zero-order chi connectivity index (χ0) is 9.30. The molecule has 0 bridgehead atoms. The van der Waals surface area contributed by atoms with E-state index in [1.165, 1.54) is 6.07 Å². The number of benzene rings is 1. The standard InChI is InChI=1S/C10H10F2/c1-6(2)9-4-8(11)5-10(12)7(9)3/h4-5H,1H2,2-3H3. The molecule has 1 aromatic rings. The lowest BCUT2D eigenvalue weighted by atomic mass is 10.0. The third kappa shape index (κ3) is 1.52. The van der Waals surface area contributed by atoms with Crippen LogP contribution in [-0.4, -0.2) is 0 Å².